The van der Waals surface area contributed by atoms with Gasteiger partial charge in [-0.15, -0.1) is 0 Å². The van der Waals surface area contributed by atoms with E-state index in [0.717, 1.165) is 44.9 Å². The van der Waals surface area contributed by atoms with E-state index in [2.05, 4.69) is 13.8 Å². The third-order valence-corrected chi connectivity index (χ3v) is 8.96. The number of hydrogen-bond acceptors (Lipinski definition) is 3. The minimum absolute atomic E-state index is 0.0850. The lowest BCUT2D eigenvalue weighted by molar-refractivity contribution is -0.241. The number of aliphatic hydroxyl groups excluding tert-OH is 1. The summed E-state index contributed by atoms with van der Waals surface area (Å²) in [5, 5.41) is 20.7. The molecule has 2 bridgehead atoms. The van der Waals surface area contributed by atoms with Crippen molar-refractivity contribution >= 4 is 6.29 Å². The predicted molar refractivity (Wildman–Crippen MR) is 88.8 cm³/mol. The summed E-state index contributed by atoms with van der Waals surface area (Å²) in [6.07, 6.45) is 11.1. The molecule has 3 heteroatoms. The van der Waals surface area contributed by atoms with Gasteiger partial charge in [-0.2, -0.15) is 0 Å². The van der Waals surface area contributed by atoms with Crippen LogP contribution in [0, 0.1) is 34.0 Å². The van der Waals surface area contributed by atoms with Crippen molar-refractivity contribution in [2.24, 2.45) is 34.0 Å². The van der Waals surface area contributed by atoms with Crippen molar-refractivity contribution in [2.45, 2.75) is 77.2 Å². The Balaban J connectivity index is 1.73. The van der Waals surface area contributed by atoms with Gasteiger partial charge in [0.2, 0.25) is 0 Å². The van der Waals surface area contributed by atoms with E-state index in [1.54, 1.807) is 0 Å². The highest BCUT2D eigenvalue weighted by Gasteiger charge is 2.67. The van der Waals surface area contributed by atoms with Crippen LogP contribution in [0.15, 0.2) is 0 Å². The lowest BCUT2D eigenvalue weighted by atomic mass is 9.36. The van der Waals surface area contributed by atoms with Gasteiger partial charge in [-0.05, 0) is 80.0 Å². The summed E-state index contributed by atoms with van der Waals surface area (Å²) in [6.45, 7) is 4.55. The fraction of sp³-hybridized carbons (Fsp3) is 0.950. The van der Waals surface area contributed by atoms with Gasteiger partial charge < -0.3 is 15.0 Å². The van der Waals surface area contributed by atoms with Crippen LogP contribution in [-0.2, 0) is 4.79 Å². The van der Waals surface area contributed by atoms with Crippen LogP contribution in [0.5, 0.6) is 0 Å². The zero-order chi connectivity index (χ0) is 16.5. The normalized spacial score (nSPS) is 58.3. The van der Waals surface area contributed by atoms with Gasteiger partial charge in [0.05, 0.1) is 12.2 Å². The fourth-order valence-corrected chi connectivity index (χ4v) is 7.88. The highest BCUT2D eigenvalue weighted by Crippen LogP contribution is 2.72. The van der Waals surface area contributed by atoms with Crippen LogP contribution in [-0.4, -0.2) is 28.7 Å². The zero-order valence-electron chi connectivity index (χ0n) is 14.7. The molecular weight excluding hydrogens is 288 g/mol. The Kier molecular flexibility index (Phi) is 3.37. The molecule has 5 fully saturated rings. The molecule has 0 heterocycles. The second kappa shape index (κ2) is 4.82. The van der Waals surface area contributed by atoms with Crippen LogP contribution in [0.4, 0.5) is 0 Å². The third-order valence-electron chi connectivity index (χ3n) is 8.96. The number of rotatable bonds is 2. The molecule has 1 spiro atoms. The van der Waals surface area contributed by atoms with Crippen molar-refractivity contribution in [3.8, 4) is 0 Å². The van der Waals surface area contributed by atoms with Gasteiger partial charge in [0.1, 0.15) is 6.29 Å². The standard InChI is InChI=1S/C20H32O3/c1-17(12-21)6-3-7-18(2)15(17)5-9-19-8-4-14(10-16(18)19)20(23,11-19)13-22/h12,14-16,22-23H,3-11,13H2,1-2H3/t14-,15+,16-,17-,18+,19+,20-/m0/s1. The Morgan fingerprint density at radius 2 is 1.83 bits per heavy atom. The largest absolute Gasteiger partial charge is 0.393 e. The van der Waals surface area contributed by atoms with E-state index in [-0.39, 0.29) is 28.8 Å². The lowest BCUT2D eigenvalue weighted by Crippen LogP contribution is -2.65. The SMILES string of the molecule is C[C@@]12CCC[C@@](C)(C=O)[C@H]1CC[C@@]13CC[C@@H](C[C@H]12)[C@@](O)(CO)C3. The molecule has 130 valence electrons. The van der Waals surface area contributed by atoms with E-state index in [9.17, 15) is 15.0 Å². The first-order chi connectivity index (χ1) is 10.8. The molecule has 2 N–H and O–H groups in total. The molecule has 0 saturated heterocycles. The molecular formula is C20H32O3. The van der Waals surface area contributed by atoms with E-state index in [4.69, 9.17) is 0 Å². The highest BCUT2D eigenvalue weighted by molar-refractivity contribution is 5.60. The van der Waals surface area contributed by atoms with Crippen LogP contribution >= 0.6 is 0 Å². The minimum Gasteiger partial charge on any atom is -0.393 e. The quantitative estimate of drug-likeness (QED) is 0.767. The second-order valence-electron chi connectivity index (χ2n) is 9.90. The smallest absolute Gasteiger partial charge is 0.126 e. The van der Waals surface area contributed by atoms with E-state index in [1.807, 2.05) is 0 Å². The number of fused-ring (bicyclic) bond motifs is 3. The first-order valence-corrected chi connectivity index (χ1v) is 9.62. The first kappa shape index (κ1) is 16.1. The zero-order valence-corrected chi connectivity index (χ0v) is 14.7. The van der Waals surface area contributed by atoms with Gasteiger partial charge in [0.15, 0.2) is 0 Å². The molecule has 0 amide bonds. The Morgan fingerprint density at radius 1 is 1.09 bits per heavy atom. The van der Waals surface area contributed by atoms with Crippen LogP contribution in [0.3, 0.4) is 0 Å². The average Bonchev–Trinajstić information content (AvgIpc) is 2.54. The summed E-state index contributed by atoms with van der Waals surface area (Å²) in [7, 11) is 0. The highest BCUT2D eigenvalue weighted by atomic mass is 16.3. The van der Waals surface area contributed by atoms with Crippen LogP contribution < -0.4 is 0 Å². The van der Waals surface area contributed by atoms with E-state index < -0.39 is 5.60 Å². The molecule has 0 aromatic heterocycles. The Morgan fingerprint density at radius 3 is 2.52 bits per heavy atom. The van der Waals surface area contributed by atoms with Crippen LogP contribution in [0.25, 0.3) is 0 Å². The summed E-state index contributed by atoms with van der Waals surface area (Å²) < 4.78 is 0. The molecule has 0 aromatic rings. The van der Waals surface area contributed by atoms with Crippen LogP contribution in [0.2, 0.25) is 0 Å². The molecule has 7 atom stereocenters. The molecule has 23 heavy (non-hydrogen) atoms. The maximum atomic E-state index is 11.9. The van der Waals surface area contributed by atoms with Crippen molar-refractivity contribution in [2.75, 3.05) is 6.61 Å². The van der Waals surface area contributed by atoms with Gasteiger partial charge in [0.25, 0.3) is 0 Å². The number of carbonyl (C=O) groups excluding carboxylic acids is 1. The number of hydrogen-bond donors (Lipinski definition) is 2. The molecule has 5 aliphatic carbocycles. The van der Waals surface area contributed by atoms with Gasteiger partial charge >= 0.3 is 0 Å². The molecule has 0 aliphatic heterocycles. The molecule has 5 aliphatic rings. The van der Waals surface area contributed by atoms with Crippen molar-refractivity contribution < 1.29 is 15.0 Å². The minimum atomic E-state index is -0.847. The summed E-state index contributed by atoms with van der Waals surface area (Å²) in [5.74, 6) is 1.37. The van der Waals surface area contributed by atoms with Crippen molar-refractivity contribution in [1.29, 1.82) is 0 Å². The third kappa shape index (κ3) is 1.93. The van der Waals surface area contributed by atoms with Crippen LogP contribution in [0.1, 0.15) is 71.6 Å². The van der Waals surface area contributed by atoms with E-state index in [1.165, 1.54) is 19.1 Å². The van der Waals surface area contributed by atoms with Crippen molar-refractivity contribution in [1.82, 2.24) is 0 Å². The van der Waals surface area contributed by atoms with Crippen molar-refractivity contribution in [3.63, 3.8) is 0 Å². The molecule has 5 rings (SSSR count). The van der Waals surface area contributed by atoms with Gasteiger partial charge in [-0.1, -0.05) is 20.3 Å². The average molecular weight is 320 g/mol. The van der Waals surface area contributed by atoms with E-state index >= 15 is 0 Å². The molecule has 0 radical (unpaired) electrons. The molecule has 3 nitrogen and oxygen atoms in total. The van der Waals surface area contributed by atoms with Crippen molar-refractivity contribution in [3.05, 3.63) is 0 Å². The van der Waals surface area contributed by atoms with Gasteiger partial charge in [-0.3, -0.25) is 0 Å². The fourth-order valence-electron chi connectivity index (χ4n) is 7.88. The molecule has 0 unspecified atom stereocenters. The Hall–Kier alpha value is -0.410. The maximum absolute atomic E-state index is 11.9. The molecule has 0 aromatic carbocycles. The second-order valence-corrected chi connectivity index (χ2v) is 9.90. The number of aliphatic hydroxyl groups is 2. The summed E-state index contributed by atoms with van der Waals surface area (Å²) in [6, 6.07) is 0. The van der Waals surface area contributed by atoms with Gasteiger partial charge in [-0.25, -0.2) is 0 Å². The molecule has 5 saturated carbocycles. The summed E-state index contributed by atoms with van der Waals surface area (Å²) >= 11 is 0. The number of carbonyl (C=O) groups is 1. The maximum Gasteiger partial charge on any atom is 0.126 e. The number of aldehydes is 1. The first-order valence-electron chi connectivity index (χ1n) is 9.62. The van der Waals surface area contributed by atoms with Gasteiger partial charge in [0, 0.05) is 5.41 Å². The monoisotopic (exact) mass is 320 g/mol. The Bertz CT molecular complexity index is 519. The topological polar surface area (TPSA) is 57.5 Å². The Labute approximate surface area is 139 Å². The lowest BCUT2D eigenvalue weighted by Gasteiger charge is -2.69. The van der Waals surface area contributed by atoms with E-state index in [0.29, 0.717) is 11.8 Å². The summed E-state index contributed by atoms with van der Waals surface area (Å²) in [4.78, 5) is 11.9. The summed E-state index contributed by atoms with van der Waals surface area (Å²) in [5.41, 5.74) is -0.556. The predicted octanol–water partition coefficient (Wildman–Crippen LogP) is 3.32.